The van der Waals surface area contributed by atoms with Gasteiger partial charge < -0.3 is 4.74 Å². The lowest BCUT2D eigenvalue weighted by atomic mass is 10.1. The van der Waals surface area contributed by atoms with E-state index in [0.717, 1.165) is 19.2 Å². The summed E-state index contributed by atoms with van der Waals surface area (Å²) in [4.78, 5) is 10.8. The summed E-state index contributed by atoms with van der Waals surface area (Å²) >= 11 is 8.63. The van der Waals surface area contributed by atoms with Gasteiger partial charge in [0.1, 0.15) is 0 Å². The lowest BCUT2D eigenvalue weighted by Gasteiger charge is -2.14. The van der Waals surface area contributed by atoms with Crippen molar-refractivity contribution in [3.05, 3.63) is 33.3 Å². The Labute approximate surface area is 98.3 Å². The van der Waals surface area contributed by atoms with Gasteiger partial charge in [0.05, 0.1) is 12.1 Å². The Kier molecular flexibility index (Phi) is 3.67. The van der Waals surface area contributed by atoms with Gasteiger partial charge in [0.25, 0.3) is 0 Å². The summed E-state index contributed by atoms with van der Waals surface area (Å²) in [6.45, 7) is 0. The van der Waals surface area contributed by atoms with Crippen molar-refractivity contribution >= 4 is 33.5 Å². The number of rotatable bonds is 2. The Morgan fingerprint density at radius 1 is 1.53 bits per heavy atom. The van der Waals surface area contributed by atoms with Gasteiger partial charge >= 0.3 is 11.9 Å². The van der Waals surface area contributed by atoms with Crippen LogP contribution in [0.15, 0.2) is 22.7 Å². The predicted molar refractivity (Wildman–Crippen MR) is 55.1 cm³/mol. The summed E-state index contributed by atoms with van der Waals surface area (Å²) in [6.07, 6.45) is 0. The molecule has 0 aliphatic heterocycles. The first-order valence-electron chi connectivity index (χ1n) is 3.81. The first kappa shape index (κ1) is 12.4. The highest BCUT2D eigenvalue weighted by Gasteiger charge is 2.42. The number of benzene rings is 1. The molecule has 2 nitrogen and oxygen atoms in total. The van der Waals surface area contributed by atoms with Crippen LogP contribution in [0.1, 0.15) is 5.56 Å². The number of methoxy groups -OCH3 is 1. The molecule has 0 atom stereocenters. The molecule has 0 fully saturated rings. The maximum Gasteiger partial charge on any atom is 0.381 e. The van der Waals surface area contributed by atoms with Gasteiger partial charge in [-0.25, -0.2) is 4.79 Å². The van der Waals surface area contributed by atoms with Gasteiger partial charge in [-0.05, 0) is 28.1 Å². The van der Waals surface area contributed by atoms with E-state index in [0.29, 0.717) is 9.50 Å². The summed E-state index contributed by atoms with van der Waals surface area (Å²) < 4.78 is 30.9. The monoisotopic (exact) mass is 298 g/mol. The second-order valence-electron chi connectivity index (χ2n) is 2.69. The topological polar surface area (TPSA) is 26.3 Å². The van der Waals surface area contributed by atoms with Crippen LogP contribution in [0.25, 0.3) is 0 Å². The molecule has 0 N–H and O–H groups in total. The third-order valence-electron chi connectivity index (χ3n) is 1.72. The van der Waals surface area contributed by atoms with E-state index in [1.165, 1.54) is 6.07 Å². The van der Waals surface area contributed by atoms with Gasteiger partial charge in [-0.3, -0.25) is 0 Å². The Morgan fingerprint density at radius 2 is 2.13 bits per heavy atom. The van der Waals surface area contributed by atoms with Crippen molar-refractivity contribution in [3.63, 3.8) is 0 Å². The van der Waals surface area contributed by atoms with Crippen molar-refractivity contribution < 1.29 is 18.3 Å². The zero-order valence-corrected chi connectivity index (χ0v) is 9.90. The van der Waals surface area contributed by atoms with Crippen molar-refractivity contribution in [1.82, 2.24) is 0 Å². The maximum absolute atomic E-state index is 13.3. The molecule has 0 amide bonds. The number of esters is 1. The molecule has 0 aliphatic rings. The number of ether oxygens (including phenoxy) is 1. The fraction of sp³-hybridized carbons (Fsp3) is 0.222. The van der Waals surface area contributed by atoms with Crippen LogP contribution in [0.4, 0.5) is 8.78 Å². The lowest BCUT2D eigenvalue weighted by Crippen LogP contribution is -2.27. The number of carbonyl (C=O) groups is 1. The highest BCUT2D eigenvalue weighted by atomic mass is 79.9. The van der Waals surface area contributed by atoms with Crippen molar-refractivity contribution in [2.75, 3.05) is 7.11 Å². The van der Waals surface area contributed by atoms with Crippen LogP contribution >= 0.6 is 27.5 Å². The summed E-state index contributed by atoms with van der Waals surface area (Å²) in [7, 11) is 0.904. The molecule has 1 aromatic rings. The zero-order valence-electron chi connectivity index (χ0n) is 7.56. The predicted octanol–water partition coefficient (Wildman–Crippen LogP) is 3.37. The standard InChI is InChI=1S/C9H6BrClF2O2/c1-15-8(14)9(12,13)5-2-3-7(11)6(10)4-5/h2-4H,1H3. The average Bonchev–Trinajstić information content (AvgIpc) is 2.20. The van der Waals surface area contributed by atoms with E-state index < -0.39 is 17.5 Å². The number of alkyl halides is 2. The van der Waals surface area contributed by atoms with E-state index in [9.17, 15) is 13.6 Å². The summed E-state index contributed by atoms with van der Waals surface area (Å²) in [5.41, 5.74) is -0.467. The van der Waals surface area contributed by atoms with Crippen LogP contribution in [0.3, 0.4) is 0 Å². The van der Waals surface area contributed by atoms with Crippen LogP contribution in [-0.2, 0) is 15.5 Å². The molecule has 0 unspecified atom stereocenters. The normalized spacial score (nSPS) is 11.3. The number of hydrogen-bond donors (Lipinski definition) is 0. The molecule has 0 saturated carbocycles. The zero-order chi connectivity index (χ0) is 11.6. The Bertz CT molecular complexity index is 396. The van der Waals surface area contributed by atoms with Crippen molar-refractivity contribution in [2.24, 2.45) is 0 Å². The highest BCUT2D eigenvalue weighted by Crippen LogP contribution is 2.33. The molecule has 0 bridgehead atoms. The van der Waals surface area contributed by atoms with Gasteiger partial charge in [-0.2, -0.15) is 8.78 Å². The highest BCUT2D eigenvalue weighted by molar-refractivity contribution is 9.10. The fourth-order valence-electron chi connectivity index (χ4n) is 0.937. The molecule has 0 aliphatic carbocycles. The molecule has 15 heavy (non-hydrogen) atoms. The molecule has 1 aromatic carbocycles. The van der Waals surface area contributed by atoms with Crippen LogP contribution in [0.2, 0.25) is 5.02 Å². The SMILES string of the molecule is COC(=O)C(F)(F)c1ccc(Cl)c(Br)c1. The van der Waals surface area contributed by atoms with Crippen molar-refractivity contribution in [2.45, 2.75) is 5.92 Å². The minimum absolute atomic E-state index is 0.291. The van der Waals surface area contributed by atoms with Gasteiger partial charge in [0.15, 0.2) is 0 Å². The molecule has 0 aromatic heterocycles. The Morgan fingerprint density at radius 3 is 2.60 bits per heavy atom. The molecule has 6 heteroatoms. The van der Waals surface area contributed by atoms with Gasteiger partial charge in [0.2, 0.25) is 0 Å². The largest absolute Gasteiger partial charge is 0.464 e. The van der Waals surface area contributed by atoms with E-state index in [4.69, 9.17) is 11.6 Å². The van der Waals surface area contributed by atoms with Crippen LogP contribution in [0, 0.1) is 0 Å². The van der Waals surface area contributed by atoms with Crippen molar-refractivity contribution in [3.8, 4) is 0 Å². The maximum atomic E-state index is 13.3. The second-order valence-corrected chi connectivity index (χ2v) is 3.96. The second kappa shape index (κ2) is 4.45. The first-order valence-corrected chi connectivity index (χ1v) is 4.98. The number of carbonyl (C=O) groups excluding carboxylic acids is 1. The molecular weight excluding hydrogens is 293 g/mol. The Balaban J connectivity index is 3.16. The summed E-state index contributed by atoms with van der Waals surface area (Å²) in [5, 5.41) is 0.291. The van der Waals surface area contributed by atoms with Crippen LogP contribution in [0.5, 0.6) is 0 Å². The minimum Gasteiger partial charge on any atom is -0.464 e. The van der Waals surface area contributed by atoms with Crippen LogP contribution in [-0.4, -0.2) is 13.1 Å². The van der Waals surface area contributed by atoms with Gasteiger partial charge in [-0.15, -0.1) is 0 Å². The molecular formula is C9H6BrClF2O2. The number of hydrogen-bond acceptors (Lipinski definition) is 2. The third kappa shape index (κ3) is 2.46. The minimum atomic E-state index is -3.66. The quantitative estimate of drug-likeness (QED) is 0.783. The van der Waals surface area contributed by atoms with E-state index in [1.807, 2.05) is 0 Å². The van der Waals surface area contributed by atoms with Gasteiger partial charge in [0, 0.05) is 10.0 Å². The average molecular weight is 299 g/mol. The Hall–Kier alpha value is -0.680. The molecule has 0 radical (unpaired) electrons. The molecule has 1 rings (SSSR count). The summed E-state index contributed by atoms with van der Waals surface area (Å²) in [6, 6.07) is 3.43. The van der Waals surface area contributed by atoms with Crippen molar-refractivity contribution in [1.29, 1.82) is 0 Å². The molecule has 0 heterocycles. The summed E-state index contributed by atoms with van der Waals surface area (Å²) in [5.74, 6) is -5.27. The van der Waals surface area contributed by atoms with Crippen LogP contribution < -0.4 is 0 Å². The van der Waals surface area contributed by atoms with E-state index >= 15 is 0 Å². The third-order valence-corrected chi connectivity index (χ3v) is 2.94. The smallest absolute Gasteiger partial charge is 0.381 e. The molecule has 82 valence electrons. The molecule has 0 spiro atoms. The fourth-order valence-corrected chi connectivity index (χ4v) is 1.43. The van der Waals surface area contributed by atoms with Gasteiger partial charge in [-0.1, -0.05) is 17.7 Å². The molecule has 0 saturated heterocycles. The van der Waals surface area contributed by atoms with E-state index in [-0.39, 0.29) is 0 Å². The van der Waals surface area contributed by atoms with E-state index in [2.05, 4.69) is 20.7 Å². The first-order chi connectivity index (χ1) is 6.89. The van der Waals surface area contributed by atoms with E-state index in [1.54, 1.807) is 0 Å². The number of halogens is 4. The lowest BCUT2D eigenvalue weighted by molar-refractivity contribution is -0.170.